The number of aryl methyl sites for hydroxylation is 2. The molecule has 0 bridgehead atoms. The third-order valence-corrected chi connectivity index (χ3v) is 3.27. The molecule has 0 saturated carbocycles. The second-order valence-electron chi connectivity index (χ2n) is 5.38. The largest absolute Gasteiger partial charge is 0.417 e. The van der Waals surface area contributed by atoms with Crippen molar-refractivity contribution in [3.63, 3.8) is 0 Å². The molecule has 0 saturated heterocycles. The lowest BCUT2D eigenvalue weighted by Crippen LogP contribution is -2.07. The molecule has 0 aliphatic rings. The van der Waals surface area contributed by atoms with E-state index in [1.807, 2.05) is 11.8 Å². The van der Waals surface area contributed by atoms with Crippen LogP contribution in [0.25, 0.3) is 0 Å². The number of hydrogen-bond donors (Lipinski definition) is 0. The first-order valence-electron chi connectivity index (χ1n) is 7.19. The summed E-state index contributed by atoms with van der Waals surface area (Å²) in [5.41, 5.74) is -0.261. The lowest BCUT2D eigenvalue weighted by atomic mass is 10.0. The zero-order valence-corrected chi connectivity index (χ0v) is 13.9. The van der Waals surface area contributed by atoms with Crippen molar-refractivity contribution >= 4 is 0 Å². The van der Waals surface area contributed by atoms with Crippen molar-refractivity contribution in [2.45, 2.75) is 26.2 Å². The highest BCUT2D eigenvalue weighted by atomic mass is 19.4. The van der Waals surface area contributed by atoms with Gasteiger partial charge in [-0.2, -0.15) is 26.3 Å². The van der Waals surface area contributed by atoms with E-state index in [1.54, 1.807) is 13.8 Å². The second kappa shape index (κ2) is 8.01. The summed E-state index contributed by atoms with van der Waals surface area (Å²) in [6.45, 7) is 3.39. The van der Waals surface area contributed by atoms with Crippen LogP contribution in [0.1, 0.15) is 33.4 Å². The molecule has 0 fully saturated rings. The highest BCUT2D eigenvalue weighted by molar-refractivity contribution is 5.44. The summed E-state index contributed by atoms with van der Waals surface area (Å²) in [5, 5.41) is 0. The van der Waals surface area contributed by atoms with Crippen molar-refractivity contribution in [3.05, 3.63) is 69.8 Å². The summed E-state index contributed by atoms with van der Waals surface area (Å²) in [6.07, 6.45) is 1.20. The quantitative estimate of drug-likeness (QED) is 0.396. The average molecular weight is 368 g/mol. The minimum Gasteiger partial charge on any atom is -0.166 e. The molecule has 0 heterocycles. The molecule has 136 valence electrons. The Morgan fingerprint density at radius 2 is 0.962 bits per heavy atom. The van der Waals surface area contributed by atoms with Gasteiger partial charge in [-0.3, -0.25) is 0 Å². The topological polar surface area (TPSA) is 0 Å². The molecule has 2 aromatic rings. The van der Waals surface area contributed by atoms with E-state index in [2.05, 4.69) is 0 Å². The van der Waals surface area contributed by atoms with Gasteiger partial charge in [-0.05, 0) is 49.2 Å². The predicted molar refractivity (Wildman–Crippen MR) is 88.2 cm³/mol. The minimum atomic E-state index is -4.37. The number of rotatable bonds is 0. The van der Waals surface area contributed by atoms with E-state index in [0.717, 1.165) is 23.3 Å². The fraction of sp³-hybridized carbons (Fsp3) is 0.200. The Labute approximate surface area is 147 Å². The van der Waals surface area contributed by atoms with E-state index in [1.165, 1.54) is 24.3 Å². The zero-order valence-electron chi connectivity index (χ0n) is 13.9. The molecule has 0 aromatic heterocycles. The Bertz CT molecular complexity index is 784. The fourth-order valence-electron chi connectivity index (χ4n) is 2.05. The molecule has 0 radical (unpaired) electrons. The van der Waals surface area contributed by atoms with Gasteiger partial charge in [0.25, 0.3) is 0 Å². The molecule has 0 N–H and O–H groups in total. The Morgan fingerprint density at radius 3 is 1.19 bits per heavy atom. The van der Waals surface area contributed by atoms with Crippen molar-refractivity contribution in [3.8, 4) is 24.7 Å². The number of hydrogen-bond acceptors (Lipinski definition) is 0. The molecular weight excluding hydrogens is 354 g/mol. The zero-order chi connectivity index (χ0) is 20.1. The van der Waals surface area contributed by atoms with E-state index < -0.39 is 23.5 Å². The van der Waals surface area contributed by atoms with E-state index >= 15 is 0 Å². The normalized spacial score (nSPS) is 11.0. The summed E-state index contributed by atoms with van der Waals surface area (Å²) >= 11 is 0. The molecule has 0 aliphatic carbocycles. The summed E-state index contributed by atoms with van der Waals surface area (Å²) < 4.78 is 73.6. The SMILES string of the molecule is C#Cc1cc(C)ccc1C(F)(F)F.C#Cc1cc(C)ccc1C(F)(F)F. The third kappa shape index (κ3) is 5.60. The predicted octanol–water partition coefficient (Wildman–Crippen LogP) is 5.99. The van der Waals surface area contributed by atoms with Crippen LogP contribution in [-0.4, -0.2) is 0 Å². The molecule has 0 amide bonds. The van der Waals surface area contributed by atoms with E-state index in [0.29, 0.717) is 0 Å². The summed E-state index contributed by atoms with van der Waals surface area (Å²) in [6, 6.07) is 7.49. The molecule has 0 spiro atoms. The molecule has 0 nitrogen and oxygen atoms in total. The Hall–Kier alpha value is -2.86. The van der Waals surface area contributed by atoms with Crippen molar-refractivity contribution in [1.29, 1.82) is 0 Å². The van der Waals surface area contributed by atoms with Crippen molar-refractivity contribution < 1.29 is 26.3 Å². The molecule has 0 atom stereocenters. The first-order valence-corrected chi connectivity index (χ1v) is 7.19. The van der Waals surface area contributed by atoms with Crippen LogP contribution in [0.4, 0.5) is 26.3 Å². The van der Waals surface area contributed by atoms with Gasteiger partial charge in [-0.25, -0.2) is 0 Å². The maximum Gasteiger partial charge on any atom is 0.417 e. The van der Waals surface area contributed by atoms with Gasteiger partial charge in [0.1, 0.15) is 0 Å². The number of benzene rings is 2. The third-order valence-electron chi connectivity index (χ3n) is 3.27. The van der Waals surface area contributed by atoms with Gasteiger partial charge in [0.05, 0.1) is 11.1 Å². The average Bonchev–Trinajstić information content (AvgIpc) is 2.52. The van der Waals surface area contributed by atoms with E-state index in [-0.39, 0.29) is 11.1 Å². The monoisotopic (exact) mass is 368 g/mol. The Kier molecular flexibility index (Phi) is 6.53. The molecule has 6 heteroatoms. The van der Waals surface area contributed by atoms with Crippen molar-refractivity contribution in [2.24, 2.45) is 0 Å². The lowest BCUT2D eigenvalue weighted by molar-refractivity contribution is -0.138. The van der Waals surface area contributed by atoms with Gasteiger partial charge < -0.3 is 0 Å². The Morgan fingerprint density at radius 1 is 0.654 bits per heavy atom. The van der Waals surface area contributed by atoms with Crippen molar-refractivity contribution in [1.82, 2.24) is 0 Å². The van der Waals surface area contributed by atoms with Crippen LogP contribution in [0.15, 0.2) is 36.4 Å². The molecule has 0 unspecified atom stereocenters. The van der Waals surface area contributed by atoms with E-state index in [9.17, 15) is 26.3 Å². The van der Waals surface area contributed by atoms with Gasteiger partial charge >= 0.3 is 12.4 Å². The standard InChI is InChI=1S/2C10H7F3/c2*1-3-8-6-7(2)4-5-9(8)10(11,12)13/h2*1,4-6H,2H3. The van der Waals surface area contributed by atoms with Crippen LogP contribution in [0.5, 0.6) is 0 Å². The highest BCUT2D eigenvalue weighted by Crippen LogP contribution is 2.32. The van der Waals surface area contributed by atoms with Gasteiger partial charge in [0, 0.05) is 11.1 Å². The van der Waals surface area contributed by atoms with Gasteiger partial charge in [-0.1, -0.05) is 24.0 Å². The minimum absolute atomic E-state index is 0.104. The van der Waals surface area contributed by atoms with Crippen LogP contribution in [0.3, 0.4) is 0 Å². The molecule has 2 rings (SSSR count). The molecule has 26 heavy (non-hydrogen) atoms. The maximum absolute atomic E-state index is 12.3. The van der Waals surface area contributed by atoms with Crippen LogP contribution in [0, 0.1) is 38.5 Å². The first-order chi connectivity index (χ1) is 11.9. The van der Waals surface area contributed by atoms with Gasteiger partial charge in [0.2, 0.25) is 0 Å². The molecule has 0 aliphatic heterocycles. The fourth-order valence-corrected chi connectivity index (χ4v) is 2.05. The lowest BCUT2D eigenvalue weighted by Gasteiger charge is -2.09. The maximum atomic E-state index is 12.3. The summed E-state index contributed by atoms with van der Waals surface area (Å²) in [7, 11) is 0. The van der Waals surface area contributed by atoms with Crippen LogP contribution in [0.2, 0.25) is 0 Å². The number of terminal acetylenes is 2. The van der Waals surface area contributed by atoms with Gasteiger partial charge in [-0.15, -0.1) is 12.8 Å². The summed E-state index contributed by atoms with van der Waals surface area (Å²) in [4.78, 5) is 0. The van der Waals surface area contributed by atoms with Crippen LogP contribution < -0.4 is 0 Å². The number of alkyl halides is 6. The first kappa shape index (κ1) is 21.2. The molecular formula is C20H14F6. The Balaban J connectivity index is 0.000000260. The van der Waals surface area contributed by atoms with E-state index in [4.69, 9.17) is 12.8 Å². The highest BCUT2D eigenvalue weighted by Gasteiger charge is 2.33. The smallest absolute Gasteiger partial charge is 0.166 e. The molecule has 2 aromatic carbocycles. The van der Waals surface area contributed by atoms with Crippen LogP contribution in [-0.2, 0) is 12.4 Å². The second-order valence-corrected chi connectivity index (χ2v) is 5.38. The van der Waals surface area contributed by atoms with Crippen LogP contribution >= 0.6 is 0 Å². The number of halogens is 6. The van der Waals surface area contributed by atoms with Crippen molar-refractivity contribution in [2.75, 3.05) is 0 Å². The summed E-state index contributed by atoms with van der Waals surface area (Å²) in [5.74, 6) is 4.05. The van der Waals surface area contributed by atoms with Gasteiger partial charge in [0.15, 0.2) is 0 Å².